The molecule has 1 heterocycles. The van der Waals surface area contributed by atoms with Gasteiger partial charge in [0.25, 0.3) is 0 Å². The SMILES string of the molecule is C=C(C)c1cc(CN2CCC(C)CC2)ccc1CCCC. The molecule has 0 atom stereocenters. The normalized spacial score (nSPS) is 17.1. The number of benzene rings is 1. The summed E-state index contributed by atoms with van der Waals surface area (Å²) in [6.07, 6.45) is 6.40. The molecule has 116 valence electrons. The highest BCUT2D eigenvalue weighted by atomic mass is 15.1. The number of piperidine rings is 1. The molecule has 2 rings (SSSR count). The molecule has 1 aromatic rings. The molecule has 1 aliphatic rings. The maximum atomic E-state index is 4.18. The molecular formula is C20H31N. The summed E-state index contributed by atoms with van der Waals surface area (Å²) in [5, 5.41) is 0. The van der Waals surface area contributed by atoms with Crippen molar-refractivity contribution >= 4 is 5.57 Å². The van der Waals surface area contributed by atoms with Crippen LogP contribution in [0.5, 0.6) is 0 Å². The van der Waals surface area contributed by atoms with E-state index in [1.807, 2.05) is 0 Å². The summed E-state index contributed by atoms with van der Waals surface area (Å²) in [6, 6.07) is 7.04. The minimum atomic E-state index is 0.906. The van der Waals surface area contributed by atoms with Crippen LogP contribution >= 0.6 is 0 Å². The molecule has 0 aromatic heterocycles. The number of hydrogen-bond donors (Lipinski definition) is 0. The van der Waals surface area contributed by atoms with Gasteiger partial charge in [0, 0.05) is 6.54 Å². The molecule has 0 aliphatic carbocycles. The zero-order valence-electron chi connectivity index (χ0n) is 14.1. The number of allylic oxidation sites excluding steroid dienone is 1. The van der Waals surface area contributed by atoms with Gasteiger partial charge in [-0.1, -0.05) is 44.6 Å². The Bertz CT molecular complexity index is 467. The summed E-state index contributed by atoms with van der Waals surface area (Å²) < 4.78 is 0. The van der Waals surface area contributed by atoms with Gasteiger partial charge in [-0.05, 0) is 74.4 Å². The molecule has 0 saturated carbocycles. The molecule has 21 heavy (non-hydrogen) atoms. The highest BCUT2D eigenvalue weighted by Gasteiger charge is 2.16. The monoisotopic (exact) mass is 285 g/mol. The topological polar surface area (TPSA) is 3.24 Å². The Balaban J connectivity index is 2.06. The van der Waals surface area contributed by atoms with Crippen LogP contribution in [-0.2, 0) is 13.0 Å². The van der Waals surface area contributed by atoms with Gasteiger partial charge in [0.05, 0.1) is 0 Å². The van der Waals surface area contributed by atoms with Crippen molar-refractivity contribution in [3.05, 3.63) is 41.5 Å². The van der Waals surface area contributed by atoms with E-state index in [1.54, 1.807) is 0 Å². The van der Waals surface area contributed by atoms with E-state index in [9.17, 15) is 0 Å². The third-order valence-corrected chi connectivity index (χ3v) is 4.72. The van der Waals surface area contributed by atoms with E-state index in [4.69, 9.17) is 0 Å². The second kappa shape index (κ2) is 7.79. The van der Waals surface area contributed by atoms with Crippen molar-refractivity contribution in [2.45, 2.75) is 59.4 Å². The lowest BCUT2D eigenvalue weighted by molar-refractivity contribution is 0.185. The molecule has 0 radical (unpaired) electrons. The molecule has 0 bridgehead atoms. The number of unbranched alkanes of at least 4 members (excludes halogenated alkanes) is 1. The quantitative estimate of drug-likeness (QED) is 0.686. The van der Waals surface area contributed by atoms with Crippen molar-refractivity contribution in [1.29, 1.82) is 0 Å². The fourth-order valence-corrected chi connectivity index (χ4v) is 3.18. The first kappa shape index (κ1) is 16.3. The number of rotatable bonds is 6. The maximum absolute atomic E-state index is 4.18. The van der Waals surface area contributed by atoms with Gasteiger partial charge in [-0.25, -0.2) is 0 Å². The van der Waals surface area contributed by atoms with Crippen molar-refractivity contribution < 1.29 is 0 Å². The van der Waals surface area contributed by atoms with Gasteiger partial charge < -0.3 is 0 Å². The summed E-state index contributed by atoms with van der Waals surface area (Å²) in [6.45, 7) is 14.5. The maximum Gasteiger partial charge on any atom is 0.0233 e. The van der Waals surface area contributed by atoms with E-state index in [0.29, 0.717) is 0 Å². The van der Waals surface area contributed by atoms with Crippen LogP contribution in [0.25, 0.3) is 5.57 Å². The average Bonchev–Trinajstić information content (AvgIpc) is 2.48. The van der Waals surface area contributed by atoms with Crippen molar-refractivity contribution in [1.82, 2.24) is 4.90 Å². The Morgan fingerprint density at radius 3 is 2.62 bits per heavy atom. The third-order valence-electron chi connectivity index (χ3n) is 4.72. The van der Waals surface area contributed by atoms with Gasteiger partial charge in [-0.3, -0.25) is 4.90 Å². The van der Waals surface area contributed by atoms with Crippen molar-refractivity contribution in [2.75, 3.05) is 13.1 Å². The minimum Gasteiger partial charge on any atom is -0.299 e. The van der Waals surface area contributed by atoms with Gasteiger partial charge in [0.15, 0.2) is 0 Å². The smallest absolute Gasteiger partial charge is 0.0233 e. The Kier molecular flexibility index (Phi) is 6.05. The first-order chi connectivity index (χ1) is 10.1. The Morgan fingerprint density at radius 2 is 2.00 bits per heavy atom. The lowest BCUT2D eigenvalue weighted by Crippen LogP contribution is -2.32. The molecule has 0 N–H and O–H groups in total. The standard InChI is InChI=1S/C20H31N/c1-5-6-7-19-9-8-18(14-20(19)16(2)3)15-21-12-10-17(4)11-13-21/h8-9,14,17H,2,5-7,10-13,15H2,1,3-4H3. The second-order valence-electron chi connectivity index (χ2n) is 6.83. The fourth-order valence-electron chi connectivity index (χ4n) is 3.18. The van der Waals surface area contributed by atoms with Crippen molar-refractivity contribution in [3.63, 3.8) is 0 Å². The summed E-state index contributed by atoms with van der Waals surface area (Å²) >= 11 is 0. The summed E-state index contributed by atoms with van der Waals surface area (Å²) in [5.74, 6) is 0.906. The van der Waals surface area contributed by atoms with E-state index < -0.39 is 0 Å². The Morgan fingerprint density at radius 1 is 1.29 bits per heavy atom. The van der Waals surface area contributed by atoms with Crippen LogP contribution in [0.15, 0.2) is 24.8 Å². The van der Waals surface area contributed by atoms with Crippen molar-refractivity contribution in [3.8, 4) is 0 Å². The van der Waals surface area contributed by atoms with Crippen LogP contribution < -0.4 is 0 Å². The molecule has 0 spiro atoms. The summed E-state index contributed by atoms with van der Waals surface area (Å²) in [4.78, 5) is 2.60. The number of aryl methyl sites for hydroxylation is 1. The average molecular weight is 285 g/mol. The molecular weight excluding hydrogens is 254 g/mol. The zero-order chi connectivity index (χ0) is 15.2. The van der Waals surface area contributed by atoms with Crippen molar-refractivity contribution in [2.24, 2.45) is 5.92 Å². The van der Waals surface area contributed by atoms with Crippen LogP contribution in [0.1, 0.15) is 63.1 Å². The van der Waals surface area contributed by atoms with E-state index >= 15 is 0 Å². The lowest BCUT2D eigenvalue weighted by Gasteiger charge is -2.30. The van der Waals surface area contributed by atoms with Gasteiger partial charge in [-0.2, -0.15) is 0 Å². The molecule has 1 fully saturated rings. The zero-order valence-corrected chi connectivity index (χ0v) is 14.1. The molecule has 1 aromatic carbocycles. The predicted octanol–water partition coefficient (Wildman–Crippen LogP) is 5.29. The van der Waals surface area contributed by atoms with E-state index in [-0.39, 0.29) is 0 Å². The highest BCUT2D eigenvalue weighted by Crippen LogP contribution is 2.23. The fraction of sp³-hybridized carbons (Fsp3) is 0.600. The molecule has 0 unspecified atom stereocenters. The third kappa shape index (κ3) is 4.71. The molecule has 1 saturated heterocycles. The van der Waals surface area contributed by atoms with Crippen LogP contribution in [-0.4, -0.2) is 18.0 Å². The van der Waals surface area contributed by atoms with Gasteiger partial charge in [0.2, 0.25) is 0 Å². The highest BCUT2D eigenvalue weighted by molar-refractivity contribution is 5.65. The van der Waals surface area contributed by atoms with Crippen LogP contribution in [0, 0.1) is 5.92 Å². The van der Waals surface area contributed by atoms with Gasteiger partial charge in [-0.15, -0.1) is 0 Å². The second-order valence-corrected chi connectivity index (χ2v) is 6.83. The number of likely N-dealkylation sites (tertiary alicyclic amines) is 1. The number of nitrogens with zero attached hydrogens (tertiary/aromatic N) is 1. The summed E-state index contributed by atoms with van der Waals surface area (Å²) in [5.41, 5.74) is 5.50. The van der Waals surface area contributed by atoms with E-state index in [1.165, 1.54) is 67.5 Å². The van der Waals surface area contributed by atoms with Crippen LogP contribution in [0.4, 0.5) is 0 Å². The predicted molar refractivity (Wildman–Crippen MR) is 93.4 cm³/mol. The van der Waals surface area contributed by atoms with Crippen LogP contribution in [0.3, 0.4) is 0 Å². The van der Waals surface area contributed by atoms with E-state index in [2.05, 4.69) is 50.4 Å². The molecule has 0 amide bonds. The molecule has 1 aliphatic heterocycles. The Labute approximate surface area is 131 Å². The molecule has 1 heteroatoms. The van der Waals surface area contributed by atoms with Gasteiger partial charge >= 0.3 is 0 Å². The molecule has 1 nitrogen and oxygen atoms in total. The first-order valence-corrected chi connectivity index (χ1v) is 8.60. The summed E-state index contributed by atoms with van der Waals surface area (Å²) in [7, 11) is 0. The Hall–Kier alpha value is -1.08. The lowest BCUT2D eigenvalue weighted by atomic mass is 9.94. The van der Waals surface area contributed by atoms with Crippen LogP contribution in [0.2, 0.25) is 0 Å². The largest absolute Gasteiger partial charge is 0.299 e. The van der Waals surface area contributed by atoms with E-state index in [0.717, 1.165) is 12.5 Å². The van der Waals surface area contributed by atoms with Gasteiger partial charge in [0.1, 0.15) is 0 Å². The first-order valence-electron chi connectivity index (χ1n) is 8.60. The number of hydrogen-bond acceptors (Lipinski definition) is 1. The minimum absolute atomic E-state index is 0.906.